The number of amides is 1. The van der Waals surface area contributed by atoms with Crippen LogP contribution >= 0.6 is 11.6 Å². The number of furan rings is 1. The molecule has 0 saturated heterocycles. The van der Waals surface area contributed by atoms with Crippen LogP contribution in [0.5, 0.6) is 0 Å². The van der Waals surface area contributed by atoms with Gasteiger partial charge in [0.25, 0.3) is 5.91 Å². The Morgan fingerprint density at radius 3 is 2.65 bits per heavy atom. The van der Waals surface area contributed by atoms with E-state index < -0.39 is 5.97 Å². The number of nitrogens with zero attached hydrogens (tertiary/aromatic N) is 3. The van der Waals surface area contributed by atoms with Crippen molar-refractivity contribution in [3.63, 3.8) is 0 Å². The molecule has 2 aromatic heterocycles. The number of aryl methyl sites for hydroxylation is 1. The van der Waals surface area contributed by atoms with Gasteiger partial charge in [-0.1, -0.05) is 0 Å². The van der Waals surface area contributed by atoms with Gasteiger partial charge in [0.05, 0.1) is 17.6 Å². The van der Waals surface area contributed by atoms with Crippen molar-refractivity contribution in [2.45, 2.75) is 26.4 Å². The number of aromatic carboxylic acids is 1. The van der Waals surface area contributed by atoms with Gasteiger partial charge in [-0.3, -0.25) is 4.79 Å². The molecule has 0 saturated carbocycles. The van der Waals surface area contributed by atoms with Crippen LogP contribution in [0.4, 0.5) is 0 Å². The first-order valence-electron chi connectivity index (χ1n) is 8.03. The number of hydrogen-bond acceptors (Lipinski definition) is 4. The molecule has 0 spiro atoms. The minimum Gasteiger partial charge on any atom is -0.475 e. The molecule has 136 valence electrons. The maximum Gasteiger partial charge on any atom is 0.371 e. The van der Waals surface area contributed by atoms with Crippen molar-refractivity contribution in [2.24, 2.45) is 7.05 Å². The van der Waals surface area contributed by atoms with Crippen LogP contribution in [0.2, 0.25) is 5.28 Å². The second-order valence-corrected chi connectivity index (χ2v) is 6.58. The molecule has 0 aliphatic rings. The van der Waals surface area contributed by atoms with E-state index in [-0.39, 0.29) is 24.3 Å². The quantitative estimate of drug-likeness (QED) is 0.736. The van der Waals surface area contributed by atoms with Gasteiger partial charge < -0.3 is 19.0 Å². The van der Waals surface area contributed by atoms with Crippen LogP contribution in [0.25, 0.3) is 11.0 Å². The second kappa shape index (κ2) is 6.84. The number of fused-ring (bicyclic) bond motifs is 1. The maximum atomic E-state index is 13.0. The molecule has 1 amide bonds. The van der Waals surface area contributed by atoms with E-state index in [1.807, 2.05) is 13.8 Å². The van der Waals surface area contributed by atoms with Gasteiger partial charge in [0.2, 0.25) is 11.0 Å². The van der Waals surface area contributed by atoms with Crippen LogP contribution < -0.4 is 0 Å². The van der Waals surface area contributed by atoms with E-state index in [0.29, 0.717) is 22.1 Å². The summed E-state index contributed by atoms with van der Waals surface area (Å²) in [5, 5.41) is 9.31. The lowest BCUT2D eigenvalue weighted by Crippen LogP contribution is -2.36. The average molecular weight is 376 g/mol. The molecule has 0 aliphatic carbocycles. The minimum atomic E-state index is -1.14. The molecule has 8 heteroatoms. The number of carboxylic acid groups (broad SMARTS) is 1. The smallest absolute Gasteiger partial charge is 0.371 e. The number of aromatic nitrogens is 2. The highest BCUT2D eigenvalue weighted by Crippen LogP contribution is 2.22. The van der Waals surface area contributed by atoms with Crippen molar-refractivity contribution in [1.29, 1.82) is 0 Å². The fraction of sp³-hybridized carbons (Fsp3) is 0.278. The van der Waals surface area contributed by atoms with Gasteiger partial charge in [0, 0.05) is 18.7 Å². The van der Waals surface area contributed by atoms with Gasteiger partial charge in [-0.15, -0.1) is 0 Å². The fourth-order valence-electron chi connectivity index (χ4n) is 2.70. The standard InChI is InChI=1S/C18H18ClN3O4/c1-10(2)22(9-12-5-7-15(26-12)17(24)25)16(23)11-4-6-14-13(8-11)20-18(19)21(14)3/h4-8,10H,9H2,1-3H3,(H,24,25). The molecule has 3 rings (SSSR count). The normalized spacial score (nSPS) is 11.3. The molecule has 3 aromatic rings. The minimum absolute atomic E-state index is 0.108. The van der Waals surface area contributed by atoms with E-state index in [1.165, 1.54) is 6.07 Å². The van der Waals surface area contributed by atoms with Gasteiger partial charge >= 0.3 is 5.97 Å². The first-order valence-corrected chi connectivity index (χ1v) is 8.40. The van der Waals surface area contributed by atoms with Gasteiger partial charge in [-0.2, -0.15) is 0 Å². The SMILES string of the molecule is CC(C)N(Cc1ccc(C(=O)O)o1)C(=O)c1ccc2c(c1)nc(Cl)n2C. The Bertz CT molecular complexity index is 990. The second-order valence-electron chi connectivity index (χ2n) is 6.24. The summed E-state index contributed by atoms with van der Waals surface area (Å²) < 4.78 is 7.01. The number of imidazole rings is 1. The molecule has 26 heavy (non-hydrogen) atoms. The molecule has 0 atom stereocenters. The Balaban J connectivity index is 1.89. The van der Waals surface area contributed by atoms with Crippen molar-refractivity contribution < 1.29 is 19.1 Å². The third kappa shape index (κ3) is 3.30. The van der Waals surface area contributed by atoms with Gasteiger partial charge in [-0.05, 0) is 55.8 Å². The lowest BCUT2D eigenvalue weighted by Gasteiger charge is -2.26. The van der Waals surface area contributed by atoms with E-state index in [0.717, 1.165) is 5.52 Å². The number of halogens is 1. The highest BCUT2D eigenvalue weighted by atomic mass is 35.5. The van der Waals surface area contributed by atoms with Crippen LogP contribution in [0.3, 0.4) is 0 Å². The highest BCUT2D eigenvalue weighted by Gasteiger charge is 2.22. The first-order chi connectivity index (χ1) is 12.3. The largest absolute Gasteiger partial charge is 0.475 e. The fourth-order valence-corrected chi connectivity index (χ4v) is 2.89. The monoisotopic (exact) mass is 375 g/mol. The third-order valence-electron chi connectivity index (χ3n) is 4.16. The first kappa shape index (κ1) is 18.0. The molecule has 7 nitrogen and oxygen atoms in total. The van der Waals surface area contributed by atoms with Crippen LogP contribution in [0.15, 0.2) is 34.7 Å². The predicted octanol–water partition coefficient (Wildman–Crippen LogP) is 3.57. The van der Waals surface area contributed by atoms with Crippen molar-refractivity contribution in [1.82, 2.24) is 14.5 Å². The topological polar surface area (TPSA) is 88.6 Å². The number of hydrogen-bond donors (Lipinski definition) is 1. The summed E-state index contributed by atoms with van der Waals surface area (Å²) in [4.78, 5) is 29.8. The summed E-state index contributed by atoms with van der Waals surface area (Å²) >= 11 is 6.03. The van der Waals surface area contributed by atoms with Crippen LogP contribution in [0.1, 0.15) is 40.5 Å². The summed E-state index contributed by atoms with van der Waals surface area (Å²) in [5.41, 5.74) is 1.95. The number of carbonyl (C=O) groups excluding carboxylic acids is 1. The van der Waals surface area contributed by atoms with Crippen LogP contribution in [-0.4, -0.2) is 37.5 Å². The molecule has 2 heterocycles. The molecule has 0 radical (unpaired) electrons. The predicted molar refractivity (Wildman–Crippen MR) is 96.4 cm³/mol. The molecule has 1 N–H and O–H groups in total. The summed E-state index contributed by atoms with van der Waals surface area (Å²) in [6.45, 7) is 3.94. The van der Waals surface area contributed by atoms with E-state index in [2.05, 4.69) is 4.98 Å². The zero-order valence-corrected chi connectivity index (χ0v) is 15.3. The number of rotatable bonds is 5. The summed E-state index contributed by atoms with van der Waals surface area (Å²) in [6.07, 6.45) is 0. The van der Waals surface area contributed by atoms with Crippen molar-refractivity contribution in [3.05, 3.63) is 52.7 Å². The molecular weight excluding hydrogens is 358 g/mol. The van der Waals surface area contributed by atoms with Gasteiger partial charge in [0.1, 0.15) is 5.76 Å². The van der Waals surface area contributed by atoms with E-state index in [4.69, 9.17) is 21.1 Å². The van der Waals surface area contributed by atoms with E-state index in [1.54, 1.807) is 40.8 Å². The summed E-state index contributed by atoms with van der Waals surface area (Å²) in [7, 11) is 1.80. The molecule has 0 unspecified atom stereocenters. The summed E-state index contributed by atoms with van der Waals surface area (Å²) in [5.74, 6) is -1.08. The van der Waals surface area contributed by atoms with Crippen molar-refractivity contribution in [3.8, 4) is 0 Å². The Kier molecular flexibility index (Phi) is 4.73. The van der Waals surface area contributed by atoms with Crippen LogP contribution in [-0.2, 0) is 13.6 Å². The van der Waals surface area contributed by atoms with Gasteiger partial charge in [-0.25, -0.2) is 9.78 Å². The average Bonchev–Trinajstić information content (AvgIpc) is 3.17. The Morgan fingerprint density at radius 2 is 2.04 bits per heavy atom. The molecule has 0 aliphatic heterocycles. The van der Waals surface area contributed by atoms with Crippen LogP contribution in [0, 0.1) is 0 Å². The third-order valence-corrected chi connectivity index (χ3v) is 4.49. The molecule has 0 bridgehead atoms. The zero-order valence-electron chi connectivity index (χ0n) is 14.6. The van der Waals surface area contributed by atoms with Crippen molar-refractivity contribution >= 4 is 34.5 Å². The zero-order chi connectivity index (χ0) is 19.0. The number of carboxylic acids is 1. The molecular formula is C18H18ClN3O4. The summed E-state index contributed by atoms with van der Waals surface area (Å²) in [6, 6.07) is 8.06. The highest BCUT2D eigenvalue weighted by molar-refractivity contribution is 6.29. The Morgan fingerprint density at radius 1 is 1.31 bits per heavy atom. The Hall–Kier alpha value is -2.80. The lowest BCUT2D eigenvalue weighted by atomic mass is 10.1. The van der Waals surface area contributed by atoms with Crippen molar-refractivity contribution in [2.75, 3.05) is 0 Å². The lowest BCUT2D eigenvalue weighted by molar-refractivity contribution is 0.0648. The van der Waals surface area contributed by atoms with Gasteiger partial charge in [0.15, 0.2) is 0 Å². The number of benzene rings is 1. The Labute approximate surface area is 154 Å². The van der Waals surface area contributed by atoms with E-state index in [9.17, 15) is 9.59 Å². The number of carbonyl (C=O) groups is 2. The molecule has 1 aromatic carbocycles. The molecule has 0 fully saturated rings. The maximum absolute atomic E-state index is 13.0. The van der Waals surface area contributed by atoms with E-state index >= 15 is 0 Å².